The number of piperidine rings is 1. The van der Waals surface area contributed by atoms with E-state index in [4.69, 9.17) is 37.8 Å². The minimum Gasteiger partial charge on any atom is -0.412 e. The summed E-state index contributed by atoms with van der Waals surface area (Å²) >= 11 is 14.9. The molecule has 1 N–H and O–H groups in total. The molecule has 182 valence electrons. The van der Waals surface area contributed by atoms with E-state index in [-0.39, 0.29) is 12.1 Å². The number of halogens is 2. The van der Waals surface area contributed by atoms with Crippen LogP contribution in [-0.2, 0) is 9.57 Å². The molecular formula is C27H27Cl2N3O2S. The number of aryl methyl sites for hydroxylation is 1. The van der Waals surface area contributed by atoms with Crippen LogP contribution in [0, 0.1) is 18.8 Å². The number of nitrogens with one attached hydrogen (secondary N) is 1. The number of rotatable bonds is 6. The van der Waals surface area contributed by atoms with Gasteiger partial charge in [-0.05, 0) is 62.4 Å². The van der Waals surface area contributed by atoms with E-state index >= 15 is 0 Å². The number of ether oxygens (including phenoxy) is 1. The molecule has 2 saturated carbocycles. The Morgan fingerprint density at radius 1 is 1.17 bits per heavy atom. The first-order valence-corrected chi connectivity index (χ1v) is 14.0. The summed E-state index contributed by atoms with van der Waals surface area (Å²) < 4.78 is 7.88. The third-order valence-electron chi connectivity index (χ3n) is 7.90. The lowest BCUT2D eigenvalue weighted by Crippen LogP contribution is -2.39. The molecular weight excluding hydrogens is 501 g/mol. The fourth-order valence-electron chi connectivity index (χ4n) is 5.95. The molecule has 7 rings (SSSR count). The number of hydrogen-bond acceptors (Lipinski definition) is 6. The maximum Gasteiger partial charge on any atom is 0.186 e. The number of benzene rings is 2. The van der Waals surface area contributed by atoms with E-state index in [2.05, 4.69) is 35.5 Å². The molecule has 2 aliphatic carbocycles. The van der Waals surface area contributed by atoms with Gasteiger partial charge in [0.1, 0.15) is 5.76 Å². The topological polar surface area (TPSA) is 46.6 Å². The third-order valence-corrected chi connectivity index (χ3v) is 9.61. The van der Waals surface area contributed by atoms with Gasteiger partial charge in [0.25, 0.3) is 0 Å². The van der Waals surface area contributed by atoms with Crippen molar-refractivity contribution in [3.05, 3.63) is 68.9 Å². The zero-order chi connectivity index (χ0) is 23.7. The molecule has 8 heteroatoms. The summed E-state index contributed by atoms with van der Waals surface area (Å²) in [6, 6.07) is 12.5. The number of fused-ring (bicyclic) bond motifs is 3. The molecule has 1 saturated heterocycles. The van der Waals surface area contributed by atoms with Crippen LogP contribution in [0.3, 0.4) is 0 Å². The smallest absolute Gasteiger partial charge is 0.186 e. The van der Waals surface area contributed by atoms with Crippen LogP contribution >= 0.6 is 34.5 Å². The van der Waals surface area contributed by atoms with Gasteiger partial charge in [0.05, 0.1) is 29.0 Å². The maximum absolute atomic E-state index is 6.61. The number of allylic oxidation sites excluding steroid dienone is 1. The summed E-state index contributed by atoms with van der Waals surface area (Å²) in [6.45, 7) is 3.69. The molecule has 3 fully saturated rings. The Balaban J connectivity index is 1.07. The highest BCUT2D eigenvalue weighted by molar-refractivity contribution is 7.22. The highest BCUT2D eigenvalue weighted by Crippen LogP contribution is 2.48. The summed E-state index contributed by atoms with van der Waals surface area (Å²) in [5.41, 5.74) is 7.59. The molecule has 4 atom stereocenters. The first kappa shape index (κ1) is 22.4. The Labute approximate surface area is 219 Å². The first-order valence-electron chi connectivity index (χ1n) is 12.4. The van der Waals surface area contributed by atoms with Crippen LogP contribution in [0.25, 0.3) is 10.2 Å². The summed E-state index contributed by atoms with van der Waals surface area (Å²) in [4.78, 5) is 13.4. The normalized spacial score (nSPS) is 27.9. The fourth-order valence-corrected chi connectivity index (χ4v) is 7.71. The Kier molecular flexibility index (Phi) is 5.52. The van der Waals surface area contributed by atoms with Gasteiger partial charge < -0.3 is 14.5 Å². The van der Waals surface area contributed by atoms with Crippen LogP contribution < -0.4 is 10.4 Å². The van der Waals surface area contributed by atoms with Crippen molar-refractivity contribution in [1.29, 1.82) is 0 Å². The van der Waals surface area contributed by atoms with E-state index in [1.54, 1.807) is 0 Å². The second kappa shape index (κ2) is 8.63. The van der Waals surface area contributed by atoms with Crippen LogP contribution in [0.1, 0.15) is 42.9 Å². The van der Waals surface area contributed by atoms with Gasteiger partial charge in [0, 0.05) is 45.6 Å². The molecule has 2 aliphatic heterocycles. The second-order valence-corrected chi connectivity index (χ2v) is 12.1. The summed E-state index contributed by atoms with van der Waals surface area (Å²) in [5.74, 6) is 2.03. The predicted octanol–water partition coefficient (Wildman–Crippen LogP) is 6.84. The molecule has 0 spiro atoms. The molecule has 3 heterocycles. The molecule has 1 unspecified atom stereocenters. The standard InChI is InChI=1S/C27H27Cl2N3O2S/c1-14-5-8-21-23(9-14)35-27(30-21)32-12-16-10-17(32)11-22(16)33-13-18-25(31-34-26(18)15-6-7-15)24-19(28)3-2-4-20(24)29/h2-5,8-9,15-17,22,25,31H,6-7,10-13H2,1H3/t16-,17-,22+,25?/m0/s1. The average molecular weight is 529 g/mol. The van der Waals surface area contributed by atoms with Gasteiger partial charge in [-0.2, -0.15) is 0 Å². The average Bonchev–Trinajstić information content (AvgIpc) is 3.17. The van der Waals surface area contributed by atoms with Crippen molar-refractivity contribution in [3.63, 3.8) is 0 Å². The quantitative estimate of drug-likeness (QED) is 0.380. The zero-order valence-corrected chi connectivity index (χ0v) is 21.8. The van der Waals surface area contributed by atoms with Crippen molar-refractivity contribution in [1.82, 2.24) is 10.5 Å². The first-order chi connectivity index (χ1) is 17.0. The van der Waals surface area contributed by atoms with E-state index in [1.807, 2.05) is 29.5 Å². The number of aromatic nitrogens is 1. The van der Waals surface area contributed by atoms with Crippen LogP contribution in [0.5, 0.6) is 0 Å². The Morgan fingerprint density at radius 3 is 2.74 bits per heavy atom. The lowest BCUT2D eigenvalue weighted by Gasteiger charge is -2.31. The van der Waals surface area contributed by atoms with Crippen LogP contribution in [0.15, 0.2) is 47.7 Å². The molecule has 4 aliphatic rings. The Bertz CT molecular complexity index is 1320. The highest BCUT2D eigenvalue weighted by Gasteiger charge is 2.47. The van der Waals surface area contributed by atoms with Gasteiger partial charge in [-0.3, -0.25) is 0 Å². The van der Waals surface area contributed by atoms with Crippen LogP contribution in [-0.4, -0.2) is 30.3 Å². The molecule has 2 aromatic carbocycles. The molecule has 2 bridgehead atoms. The number of anilines is 1. The SMILES string of the molecule is Cc1ccc2nc(N3C[C@@H]4C[C@H]3C[C@H]4OCC3=C(C4CC4)ONC3c3c(Cl)cccc3Cl)sc2c1. The van der Waals surface area contributed by atoms with E-state index < -0.39 is 0 Å². The van der Waals surface area contributed by atoms with E-state index in [0.717, 1.165) is 53.4 Å². The Hall–Kier alpha value is -1.83. The third kappa shape index (κ3) is 3.94. The molecule has 1 aromatic heterocycles. The number of hydroxylamine groups is 1. The minimum atomic E-state index is -0.173. The second-order valence-electron chi connectivity index (χ2n) is 10.3. The fraction of sp³-hybridized carbons (Fsp3) is 0.444. The van der Waals surface area contributed by atoms with Gasteiger partial charge in [-0.1, -0.05) is 46.7 Å². The monoisotopic (exact) mass is 527 g/mol. The number of thiazole rings is 1. The molecule has 0 amide bonds. The molecule has 3 aromatic rings. The lowest BCUT2D eigenvalue weighted by atomic mass is 9.98. The van der Waals surface area contributed by atoms with E-state index in [0.29, 0.717) is 34.5 Å². The largest absolute Gasteiger partial charge is 0.412 e. The molecule has 0 radical (unpaired) electrons. The van der Waals surface area contributed by atoms with E-state index in [1.165, 1.54) is 16.7 Å². The molecule has 5 nitrogen and oxygen atoms in total. The van der Waals surface area contributed by atoms with Crippen molar-refractivity contribution >= 4 is 49.9 Å². The number of nitrogens with zero attached hydrogens (tertiary/aromatic N) is 2. The van der Waals surface area contributed by atoms with Crippen molar-refractivity contribution in [3.8, 4) is 0 Å². The summed E-state index contributed by atoms with van der Waals surface area (Å²) in [5, 5.41) is 2.45. The van der Waals surface area contributed by atoms with Crippen molar-refractivity contribution in [2.24, 2.45) is 11.8 Å². The predicted molar refractivity (Wildman–Crippen MR) is 141 cm³/mol. The van der Waals surface area contributed by atoms with Gasteiger partial charge in [0.15, 0.2) is 5.13 Å². The van der Waals surface area contributed by atoms with Crippen molar-refractivity contribution in [2.75, 3.05) is 18.1 Å². The minimum absolute atomic E-state index is 0.173. The zero-order valence-electron chi connectivity index (χ0n) is 19.5. The van der Waals surface area contributed by atoms with Gasteiger partial charge in [0.2, 0.25) is 0 Å². The lowest BCUT2D eigenvalue weighted by molar-refractivity contribution is 0.0364. The van der Waals surface area contributed by atoms with E-state index in [9.17, 15) is 0 Å². The van der Waals surface area contributed by atoms with Crippen molar-refractivity contribution < 1.29 is 9.57 Å². The van der Waals surface area contributed by atoms with Gasteiger partial charge in [-0.25, -0.2) is 4.98 Å². The van der Waals surface area contributed by atoms with Crippen LogP contribution in [0.2, 0.25) is 10.0 Å². The summed E-state index contributed by atoms with van der Waals surface area (Å²) in [6.07, 6.45) is 4.78. The highest BCUT2D eigenvalue weighted by atomic mass is 35.5. The van der Waals surface area contributed by atoms with Crippen LogP contribution in [0.4, 0.5) is 5.13 Å². The maximum atomic E-state index is 6.61. The number of hydrogen-bond donors (Lipinski definition) is 1. The Morgan fingerprint density at radius 2 is 2.00 bits per heavy atom. The summed E-state index contributed by atoms with van der Waals surface area (Å²) in [7, 11) is 0. The van der Waals surface area contributed by atoms with Crippen molar-refractivity contribution in [2.45, 2.75) is 50.8 Å². The van der Waals surface area contributed by atoms with Gasteiger partial charge >= 0.3 is 0 Å². The van der Waals surface area contributed by atoms with Gasteiger partial charge in [-0.15, -0.1) is 5.48 Å². The molecule has 35 heavy (non-hydrogen) atoms.